The number of nitrogens with zero attached hydrogens (tertiary/aromatic N) is 4. The van der Waals surface area contributed by atoms with E-state index in [1.165, 1.54) is 11.9 Å². The van der Waals surface area contributed by atoms with E-state index in [-0.39, 0.29) is 0 Å². The van der Waals surface area contributed by atoms with Gasteiger partial charge in [-0.15, -0.1) is 0 Å². The molecule has 0 spiro atoms. The molecule has 1 aromatic carbocycles. The smallest absolute Gasteiger partial charge is 0.230 e. The van der Waals surface area contributed by atoms with E-state index in [0.717, 1.165) is 58.6 Å². The summed E-state index contributed by atoms with van der Waals surface area (Å²) in [5.74, 6) is 0.815. The molecule has 4 aromatic rings. The van der Waals surface area contributed by atoms with E-state index in [9.17, 15) is 5.11 Å². The van der Waals surface area contributed by atoms with Crippen molar-refractivity contribution in [3.8, 4) is 22.5 Å². The van der Waals surface area contributed by atoms with Crippen molar-refractivity contribution >= 4 is 16.7 Å². The Bertz CT molecular complexity index is 1290. The van der Waals surface area contributed by atoms with Crippen molar-refractivity contribution in [3.05, 3.63) is 60.4 Å². The highest BCUT2D eigenvalue weighted by molar-refractivity contribution is 5.95. The fourth-order valence-electron chi connectivity index (χ4n) is 4.07. The third-order valence-electron chi connectivity index (χ3n) is 5.58. The second-order valence-electron chi connectivity index (χ2n) is 9.05. The SMILES string of the molecule is Cc1ccc(-c2nn(CC(C)(C)O)cc2-c2ncnc3oc(C4=CNCCC4)cc23)cc1. The second-order valence-corrected chi connectivity index (χ2v) is 9.05. The molecule has 0 unspecified atom stereocenters. The van der Waals surface area contributed by atoms with Crippen LogP contribution in [0, 0.1) is 6.92 Å². The fourth-order valence-corrected chi connectivity index (χ4v) is 4.07. The number of aliphatic hydroxyl groups is 1. The lowest BCUT2D eigenvalue weighted by molar-refractivity contribution is 0.0578. The lowest BCUT2D eigenvalue weighted by Gasteiger charge is -2.16. The lowest BCUT2D eigenvalue weighted by atomic mass is 10.0. The summed E-state index contributed by atoms with van der Waals surface area (Å²) in [5, 5.41) is 19.3. The van der Waals surface area contributed by atoms with Gasteiger partial charge < -0.3 is 14.8 Å². The number of fused-ring (bicyclic) bond motifs is 1. The van der Waals surface area contributed by atoms with Crippen molar-refractivity contribution in [2.75, 3.05) is 6.54 Å². The number of hydrogen-bond acceptors (Lipinski definition) is 6. The number of benzene rings is 1. The Labute approximate surface area is 186 Å². The highest BCUT2D eigenvalue weighted by Crippen LogP contribution is 2.36. The fraction of sp³-hybridized carbons (Fsp3) is 0.320. The number of aryl methyl sites for hydroxylation is 1. The quantitative estimate of drug-likeness (QED) is 0.484. The van der Waals surface area contributed by atoms with Crippen LogP contribution in [0.1, 0.15) is 38.0 Å². The molecule has 0 radical (unpaired) electrons. The predicted molar refractivity (Wildman–Crippen MR) is 125 cm³/mol. The zero-order valence-corrected chi connectivity index (χ0v) is 18.6. The molecule has 0 saturated heterocycles. The van der Waals surface area contributed by atoms with Crippen LogP contribution in [0.15, 0.2) is 53.5 Å². The third-order valence-corrected chi connectivity index (χ3v) is 5.58. The molecular weight excluding hydrogens is 402 g/mol. The van der Waals surface area contributed by atoms with Gasteiger partial charge in [0.15, 0.2) is 0 Å². The van der Waals surface area contributed by atoms with Gasteiger partial charge in [-0.25, -0.2) is 9.97 Å². The van der Waals surface area contributed by atoms with Gasteiger partial charge in [0.1, 0.15) is 17.8 Å². The van der Waals surface area contributed by atoms with E-state index in [2.05, 4.69) is 46.5 Å². The predicted octanol–water partition coefficient (Wildman–Crippen LogP) is 4.56. The number of nitrogens with one attached hydrogen (secondary N) is 1. The van der Waals surface area contributed by atoms with Crippen molar-refractivity contribution in [1.82, 2.24) is 25.1 Å². The topological polar surface area (TPSA) is 89.0 Å². The Morgan fingerprint density at radius 1 is 1.16 bits per heavy atom. The van der Waals surface area contributed by atoms with Gasteiger partial charge in [-0.1, -0.05) is 29.8 Å². The Kier molecular flexibility index (Phi) is 5.06. The highest BCUT2D eigenvalue weighted by atomic mass is 16.3. The molecular formula is C25H27N5O2. The summed E-state index contributed by atoms with van der Waals surface area (Å²) < 4.78 is 7.88. The molecule has 1 aliphatic rings. The summed E-state index contributed by atoms with van der Waals surface area (Å²) in [4.78, 5) is 9.00. The van der Waals surface area contributed by atoms with Crippen LogP contribution in [0.4, 0.5) is 0 Å². The third kappa shape index (κ3) is 4.03. The number of aromatic nitrogens is 4. The van der Waals surface area contributed by atoms with Gasteiger partial charge in [-0.2, -0.15) is 5.10 Å². The summed E-state index contributed by atoms with van der Waals surface area (Å²) in [6.45, 7) is 6.96. The first-order chi connectivity index (χ1) is 15.4. The molecule has 5 rings (SSSR count). The van der Waals surface area contributed by atoms with Gasteiger partial charge in [0.05, 0.1) is 23.2 Å². The molecule has 7 heteroatoms. The molecule has 164 valence electrons. The molecule has 0 aliphatic carbocycles. The van der Waals surface area contributed by atoms with E-state index < -0.39 is 5.60 Å². The van der Waals surface area contributed by atoms with Crippen molar-refractivity contribution in [2.45, 2.75) is 45.8 Å². The van der Waals surface area contributed by atoms with Gasteiger partial charge in [-0.05, 0) is 39.7 Å². The van der Waals surface area contributed by atoms with Crippen LogP contribution in [0.5, 0.6) is 0 Å². The van der Waals surface area contributed by atoms with Crippen LogP contribution in [0.2, 0.25) is 0 Å². The van der Waals surface area contributed by atoms with E-state index >= 15 is 0 Å². The maximum atomic E-state index is 10.4. The standard InChI is InChI=1S/C25H27N5O2/c1-16-6-8-17(9-7-16)22-20(13-30(29-22)14-25(2,3)31)23-19-11-21(18-5-4-10-26-12-18)32-24(19)28-15-27-23/h6-9,11-13,15,26,31H,4-5,10,14H2,1-3H3. The number of furan rings is 1. The zero-order valence-electron chi connectivity index (χ0n) is 18.6. The van der Waals surface area contributed by atoms with E-state index in [4.69, 9.17) is 9.52 Å². The van der Waals surface area contributed by atoms with Crippen molar-refractivity contribution in [2.24, 2.45) is 0 Å². The monoisotopic (exact) mass is 429 g/mol. The molecule has 32 heavy (non-hydrogen) atoms. The largest absolute Gasteiger partial charge is 0.438 e. The van der Waals surface area contributed by atoms with Crippen LogP contribution < -0.4 is 5.32 Å². The van der Waals surface area contributed by atoms with Crippen LogP contribution in [0.25, 0.3) is 39.2 Å². The first kappa shape index (κ1) is 20.5. The normalized spacial score (nSPS) is 14.4. The molecule has 4 heterocycles. The number of hydrogen-bond donors (Lipinski definition) is 2. The zero-order chi connectivity index (χ0) is 22.3. The molecule has 7 nitrogen and oxygen atoms in total. The van der Waals surface area contributed by atoms with E-state index in [1.807, 2.05) is 18.5 Å². The minimum Gasteiger partial charge on any atom is -0.438 e. The van der Waals surface area contributed by atoms with Crippen LogP contribution in [-0.4, -0.2) is 37.0 Å². The molecule has 0 saturated carbocycles. The second kappa shape index (κ2) is 7.91. The van der Waals surface area contributed by atoms with Gasteiger partial charge in [-0.3, -0.25) is 4.68 Å². The van der Waals surface area contributed by atoms with Crippen LogP contribution >= 0.6 is 0 Å². The van der Waals surface area contributed by atoms with Crippen molar-refractivity contribution in [3.63, 3.8) is 0 Å². The minimum atomic E-state index is -0.891. The summed E-state index contributed by atoms with van der Waals surface area (Å²) in [6.07, 6.45) is 7.54. The molecule has 0 atom stereocenters. The summed E-state index contributed by atoms with van der Waals surface area (Å²) in [7, 11) is 0. The Morgan fingerprint density at radius 3 is 2.69 bits per heavy atom. The maximum Gasteiger partial charge on any atom is 0.230 e. The van der Waals surface area contributed by atoms with Gasteiger partial charge in [0, 0.05) is 35.6 Å². The van der Waals surface area contributed by atoms with Gasteiger partial charge in [0.25, 0.3) is 0 Å². The lowest BCUT2D eigenvalue weighted by Crippen LogP contribution is -2.26. The minimum absolute atomic E-state index is 0.370. The van der Waals surface area contributed by atoms with E-state index in [1.54, 1.807) is 18.5 Å². The van der Waals surface area contributed by atoms with Crippen molar-refractivity contribution < 1.29 is 9.52 Å². The average Bonchev–Trinajstić information content (AvgIpc) is 3.38. The highest BCUT2D eigenvalue weighted by Gasteiger charge is 2.22. The number of rotatable bonds is 5. The molecule has 0 bridgehead atoms. The number of allylic oxidation sites excluding steroid dienone is 1. The summed E-state index contributed by atoms with van der Waals surface area (Å²) in [6, 6.07) is 10.3. The first-order valence-electron chi connectivity index (χ1n) is 10.9. The summed E-state index contributed by atoms with van der Waals surface area (Å²) >= 11 is 0. The van der Waals surface area contributed by atoms with Crippen molar-refractivity contribution in [1.29, 1.82) is 0 Å². The Morgan fingerprint density at radius 2 is 1.97 bits per heavy atom. The molecule has 0 amide bonds. The van der Waals surface area contributed by atoms with Crippen LogP contribution in [0.3, 0.4) is 0 Å². The molecule has 0 fully saturated rings. The molecule has 3 aromatic heterocycles. The average molecular weight is 430 g/mol. The van der Waals surface area contributed by atoms with Crippen LogP contribution in [-0.2, 0) is 6.54 Å². The first-order valence-corrected chi connectivity index (χ1v) is 10.9. The Balaban J connectivity index is 1.67. The van der Waals surface area contributed by atoms with Gasteiger partial charge >= 0.3 is 0 Å². The molecule has 2 N–H and O–H groups in total. The summed E-state index contributed by atoms with van der Waals surface area (Å²) in [5.41, 5.74) is 5.45. The maximum absolute atomic E-state index is 10.4. The van der Waals surface area contributed by atoms with Gasteiger partial charge in [0.2, 0.25) is 5.71 Å². The molecule has 1 aliphatic heterocycles. The Hall–Kier alpha value is -3.45. The van der Waals surface area contributed by atoms with E-state index in [0.29, 0.717) is 12.3 Å².